The van der Waals surface area contributed by atoms with Crippen LogP contribution in [0.3, 0.4) is 0 Å². The van der Waals surface area contributed by atoms with Crippen molar-refractivity contribution in [1.82, 2.24) is 9.55 Å². The molecule has 1 saturated heterocycles. The first-order valence-electron chi connectivity index (χ1n) is 5.92. The average molecular weight is 273 g/mol. The zero-order chi connectivity index (χ0) is 13.6. The number of sulfonamides is 1. The highest BCUT2D eigenvalue weighted by molar-refractivity contribution is 7.89. The van der Waals surface area contributed by atoms with Gasteiger partial charge in [0.25, 0.3) is 10.0 Å². The molecule has 1 aliphatic heterocycles. The molecule has 2 rings (SSSR count). The van der Waals surface area contributed by atoms with Gasteiger partial charge in [-0.3, -0.25) is 0 Å². The van der Waals surface area contributed by atoms with Gasteiger partial charge in [-0.2, -0.15) is 0 Å². The van der Waals surface area contributed by atoms with E-state index in [0.29, 0.717) is 12.4 Å². The number of hydrogen-bond acceptors (Lipinski definition) is 4. The molecule has 0 aliphatic carbocycles. The zero-order valence-corrected chi connectivity index (χ0v) is 11.7. The third-order valence-corrected chi connectivity index (χ3v) is 3.98. The van der Waals surface area contributed by atoms with Crippen LogP contribution in [0.15, 0.2) is 11.2 Å². The predicted molar refractivity (Wildman–Crippen MR) is 66.5 cm³/mol. The Bertz CT molecular complexity index is 548. The summed E-state index contributed by atoms with van der Waals surface area (Å²) < 4.78 is 30.1. The molecule has 1 unspecified atom stereocenters. The van der Waals surface area contributed by atoms with Gasteiger partial charge >= 0.3 is 0 Å². The fourth-order valence-corrected chi connectivity index (χ4v) is 2.76. The van der Waals surface area contributed by atoms with Crippen molar-refractivity contribution in [2.75, 3.05) is 0 Å². The molecule has 1 atom stereocenters. The van der Waals surface area contributed by atoms with Crippen LogP contribution in [-0.4, -0.2) is 29.7 Å². The summed E-state index contributed by atoms with van der Waals surface area (Å²) in [6.45, 7) is 6.49. The lowest BCUT2D eigenvalue weighted by Crippen LogP contribution is -2.23. The molecular weight excluding hydrogens is 254 g/mol. The van der Waals surface area contributed by atoms with E-state index < -0.39 is 10.0 Å². The maximum Gasteiger partial charge on any atom is 0.257 e. The smallest absolute Gasteiger partial charge is 0.257 e. The second-order valence-corrected chi connectivity index (χ2v) is 6.87. The first-order chi connectivity index (χ1) is 8.17. The van der Waals surface area contributed by atoms with E-state index in [1.807, 2.05) is 0 Å². The molecule has 0 aromatic carbocycles. The number of hydrogen-bond donors (Lipinski definition) is 1. The number of ether oxygens (including phenoxy) is 1. The van der Waals surface area contributed by atoms with Gasteiger partial charge in [0.2, 0.25) is 0 Å². The largest absolute Gasteiger partial charge is 0.370 e. The van der Waals surface area contributed by atoms with Crippen molar-refractivity contribution < 1.29 is 13.2 Å². The molecule has 0 radical (unpaired) electrons. The molecule has 1 aliphatic rings. The molecule has 7 heteroatoms. The highest BCUT2D eigenvalue weighted by Gasteiger charge is 2.32. The Morgan fingerprint density at radius 3 is 2.72 bits per heavy atom. The molecular formula is C11H19N3O3S. The summed E-state index contributed by atoms with van der Waals surface area (Å²) >= 11 is 0. The van der Waals surface area contributed by atoms with E-state index in [9.17, 15) is 8.42 Å². The fraction of sp³-hybridized carbons (Fsp3) is 0.727. The van der Waals surface area contributed by atoms with Gasteiger partial charge in [-0.25, -0.2) is 18.5 Å². The van der Waals surface area contributed by atoms with Gasteiger partial charge in [0.05, 0.1) is 18.2 Å². The molecule has 0 saturated carbocycles. The molecule has 2 N–H and O–H groups in total. The fourth-order valence-electron chi connectivity index (χ4n) is 2.23. The minimum absolute atomic E-state index is 0.0859. The Labute approximate surface area is 107 Å². The third kappa shape index (κ3) is 2.90. The van der Waals surface area contributed by atoms with Crippen LogP contribution in [0, 0.1) is 6.92 Å². The number of nitrogens with two attached hydrogens (primary N) is 1. The van der Waals surface area contributed by atoms with E-state index in [4.69, 9.17) is 9.88 Å². The molecule has 2 heterocycles. The Balaban J connectivity index is 2.14. The van der Waals surface area contributed by atoms with Gasteiger partial charge < -0.3 is 9.30 Å². The summed E-state index contributed by atoms with van der Waals surface area (Å²) in [5, 5.41) is 4.97. The topological polar surface area (TPSA) is 87.2 Å². The molecule has 18 heavy (non-hydrogen) atoms. The van der Waals surface area contributed by atoms with Crippen molar-refractivity contribution in [3.8, 4) is 0 Å². The van der Waals surface area contributed by atoms with E-state index in [0.717, 1.165) is 12.8 Å². The van der Waals surface area contributed by atoms with E-state index in [-0.39, 0.29) is 16.7 Å². The Morgan fingerprint density at radius 1 is 1.61 bits per heavy atom. The van der Waals surface area contributed by atoms with E-state index in [1.54, 1.807) is 11.5 Å². The van der Waals surface area contributed by atoms with Crippen molar-refractivity contribution in [2.24, 2.45) is 5.14 Å². The Kier molecular flexibility index (Phi) is 3.25. The molecule has 0 spiro atoms. The second-order valence-electron chi connectivity index (χ2n) is 5.36. The number of primary sulfonamides is 1. The van der Waals surface area contributed by atoms with Crippen LogP contribution in [0.1, 0.15) is 32.5 Å². The van der Waals surface area contributed by atoms with Crippen molar-refractivity contribution in [2.45, 2.75) is 56.9 Å². The summed E-state index contributed by atoms with van der Waals surface area (Å²) in [7, 11) is -3.73. The molecule has 0 bridgehead atoms. The Morgan fingerprint density at radius 2 is 2.28 bits per heavy atom. The number of aryl methyl sites for hydroxylation is 1. The van der Waals surface area contributed by atoms with Gasteiger partial charge in [0, 0.05) is 6.20 Å². The van der Waals surface area contributed by atoms with Crippen molar-refractivity contribution in [1.29, 1.82) is 0 Å². The third-order valence-electron chi connectivity index (χ3n) is 3.20. The first-order valence-corrected chi connectivity index (χ1v) is 7.46. The highest BCUT2D eigenvalue weighted by atomic mass is 32.2. The van der Waals surface area contributed by atoms with Crippen LogP contribution in [-0.2, 0) is 21.3 Å². The Hall–Kier alpha value is -0.920. The van der Waals surface area contributed by atoms with Crippen molar-refractivity contribution >= 4 is 10.0 Å². The van der Waals surface area contributed by atoms with Crippen LogP contribution in [0.4, 0.5) is 0 Å². The van der Waals surface area contributed by atoms with Crippen LogP contribution in [0.25, 0.3) is 0 Å². The minimum Gasteiger partial charge on any atom is -0.370 e. The van der Waals surface area contributed by atoms with Gasteiger partial charge in [-0.05, 0) is 33.6 Å². The van der Waals surface area contributed by atoms with Crippen LogP contribution < -0.4 is 5.14 Å². The highest BCUT2D eigenvalue weighted by Crippen LogP contribution is 2.30. The molecule has 1 fully saturated rings. The van der Waals surface area contributed by atoms with E-state index in [1.165, 1.54) is 6.20 Å². The lowest BCUT2D eigenvalue weighted by Gasteiger charge is -2.19. The lowest BCUT2D eigenvalue weighted by molar-refractivity contribution is -0.0219. The molecule has 1 aromatic heterocycles. The van der Waals surface area contributed by atoms with E-state index >= 15 is 0 Å². The number of rotatable bonds is 3. The zero-order valence-electron chi connectivity index (χ0n) is 10.9. The maximum absolute atomic E-state index is 11.2. The van der Waals surface area contributed by atoms with E-state index in [2.05, 4.69) is 18.8 Å². The summed E-state index contributed by atoms with van der Waals surface area (Å²) in [6.07, 6.45) is 3.54. The minimum atomic E-state index is -3.73. The van der Waals surface area contributed by atoms with Crippen LogP contribution in [0.5, 0.6) is 0 Å². The number of aromatic nitrogens is 2. The van der Waals surface area contributed by atoms with Crippen LogP contribution >= 0.6 is 0 Å². The van der Waals surface area contributed by atoms with Crippen molar-refractivity contribution in [3.05, 3.63) is 12.0 Å². The maximum atomic E-state index is 11.2. The second kappa shape index (κ2) is 4.32. The standard InChI is InChI=1S/C11H19N3O3S/c1-8-13-10(18(12,15)16)7-14(8)6-9-4-5-11(2,3)17-9/h7,9H,4-6H2,1-3H3,(H2,12,15,16). The quantitative estimate of drug-likeness (QED) is 0.882. The summed E-state index contributed by atoms with van der Waals surface area (Å²) in [6, 6.07) is 0. The average Bonchev–Trinajstić information content (AvgIpc) is 2.71. The van der Waals surface area contributed by atoms with Gasteiger partial charge in [0.1, 0.15) is 5.82 Å². The van der Waals surface area contributed by atoms with Crippen molar-refractivity contribution in [3.63, 3.8) is 0 Å². The summed E-state index contributed by atoms with van der Waals surface area (Å²) in [5.41, 5.74) is -0.0953. The monoisotopic (exact) mass is 273 g/mol. The first kappa shape index (κ1) is 13.5. The predicted octanol–water partition coefficient (Wildman–Crippen LogP) is 0.797. The number of imidazole rings is 1. The van der Waals surface area contributed by atoms with Gasteiger partial charge in [-0.1, -0.05) is 0 Å². The number of nitrogens with zero attached hydrogens (tertiary/aromatic N) is 2. The molecule has 1 aromatic rings. The lowest BCUT2D eigenvalue weighted by atomic mass is 10.1. The SMILES string of the molecule is Cc1nc(S(N)(=O)=O)cn1CC1CCC(C)(C)O1. The normalized spacial score (nSPS) is 23.4. The molecule has 6 nitrogen and oxygen atoms in total. The molecule has 0 amide bonds. The van der Waals surface area contributed by atoms with Crippen LogP contribution in [0.2, 0.25) is 0 Å². The summed E-state index contributed by atoms with van der Waals surface area (Å²) in [5.74, 6) is 0.632. The molecule has 102 valence electrons. The van der Waals surface area contributed by atoms with Gasteiger partial charge in [0.15, 0.2) is 5.03 Å². The summed E-state index contributed by atoms with van der Waals surface area (Å²) in [4.78, 5) is 3.95. The van der Waals surface area contributed by atoms with Gasteiger partial charge in [-0.15, -0.1) is 0 Å².